The Kier molecular flexibility index (Phi) is 8.98. The molecular formula is C14H23O5P2+. The molecule has 0 radical (unpaired) electrons. The lowest BCUT2D eigenvalue weighted by atomic mass is 10.2. The van der Waals surface area contributed by atoms with Gasteiger partial charge in [-0.25, -0.2) is 0 Å². The normalized spacial score (nSPS) is 12.4. The fourth-order valence-electron chi connectivity index (χ4n) is 1.74. The molecule has 1 aromatic carbocycles. The van der Waals surface area contributed by atoms with Crippen LogP contribution in [-0.4, -0.2) is 25.5 Å². The van der Waals surface area contributed by atoms with E-state index in [-0.39, 0.29) is 6.16 Å². The molecule has 0 aliphatic heterocycles. The Balaban J connectivity index is 2.27. The Morgan fingerprint density at radius 3 is 2.29 bits per heavy atom. The van der Waals surface area contributed by atoms with Gasteiger partial charge in [-0.1, -0.05) is 30.3 Å². The van der Waals surface area contributed by atoms with Crippen molar-refractivity contribution in [1.29, 1.82) is 0 Å². The molecule has 1 aromatic rings. The van der Waals surface area contributed by atoms with Crippen LogP contribution in [0.2, 0.25) is 0 Å². The van der Waals surface area contributed by atoms with E-state index in [0.29, 0.717) is 32.4 Å². The first-order valence-corrected chi connectivity index (χ1v) is 10.2. The number of rotatable bonds is 11. The lowest BCUT2D eigenvalue weighted by Gasteiger charge is -2.15. The molecule has 21 heavy (non-hydrogen) atoms. The summed E-state index contributed by atoms with van der Waals surface area (Å²) < 4.78 is 39.6. The summed E-state index contributed by atoms with van der Waals surface area (Å²) in [6, 6.07) is 9.57. The van der Waals surface area contributed by atoms with Gasteiger partial charge in [0.05, 0.1) is 19.4 Å². The molecule has 118 valence electrons. The number of benzene rings is 1. The van der Waals surface area contributed by atoms with Crippen LogP contribution in [0, 0.1) is 0 Å². The Morgan fingerprint density at radius 1 is 1.10 bits per heavy atom. The first-order valence-electron chi connectivity index (χ1n) is 7.09. The van der Waals surface area contributed by atoms with Crippen LogP contribution >= 0.6 is 15.6 Å². The predicted octanol–water partition coefficient (Wildman–Crippen LogP) is 4.60. The molecule has 0 aromatic heterocycles. The van der Waals surface area contributed by atoms with Gasteiger partial charge in [-0.05, 0) is 24.0 Å². The molecule has 0 saturated carbocycles. The van der Waals surface area contributed by atoms with E-state index in [1.54, 1.807) is 13.8 Å². The van der Waals surface area contributed by atoms with Gasteiger partial charge >= 0.3 is 15.6 Å². The number of hydrogen-bond acceptors (Lipinski definition) is 5. The second kappa shape index (κ2) is 10.2. The molecule has 0 spiro atoms. The fourth-order valence-corrected chi connectivity index (χ4v) is 4.49. The Morgan fingerprint density at radius 2 is 1.71 bits per heavy atom. The van der Waals surface area contributed by atoms with Crippen LogP contribution in [0.1, 0.15) is 25.8 Å². The van der Waals surface area contributed by atoms with Crippen LogP contribution < -0.4 is 0 Å². The quantitative estimate of drug-likeness (QED) is 0.554. The van der Waals surface area contributed by atoms with Crippen molar-refractivity contribution in [1.82, 2.24) is 0 Å². The van der Waals surface area contributed by atoms with Gasteiger partial charge < -0.3 is 9.05 Å². The average molecular weight is 333 g/mol. The molecule has 0 heterocycles. The monoisotopic (exact) mass is 333 g/mol. The van der Waals surface area contributed by atoms with Crippen LogP contribution in [0.3, 0.4) is 0 Å². The van der Waals surface area contributed by atoms with Crippen molar-refractivity contribution in [3.05, 3.63) is 35.9 Å². The minimum Gasteiger partial charge on any atom is -0.309 e. The van der Waals surface area contributed by atoms with Crippen molar-refractivity contribution in [3.63, 3.8) is 0 Å². The lowest BCUT2D eigenvalue weighted by molar-refractivity contribution is 0.220. The summed E-state index contributed by atoms with van der Waals surface area (Å²) in [6.07, 6.45) is 1.11. The van der Waals surface area contributed by atoms with Gasteiger partial charge in [-0.15, -0.1) is 4.52 Å². The van der Waals surface area contributed by atoms with Crippen LogP contribution in [-0.2, 0) is 29.3 Å². The minimum absolute atomic E-state index is 0.268. The zero-order chi connectivity index (χ0) is 15.6. The van der Waals surface area contributed by atoms with Gasteiger partial charge in [0.25, 0.3) is 0 Å². The smallest absolute Gasteiger partial charge is 0.309 e. The summed E-state index contributed by atoms with van der Waals surface area (Å²) in [4.78, 5) is 0. The van der Waals surface area contributed by atoms with E-state index in [4.69, 9.17) is 13.6 Å². The van der Waals surface area contributed by atoms with Gasteiger partial charge in [0.1, 0.15) is 6.61 Å². The molecule has 1 unspecified atom stereocenters. The largest absolute Gasteiger partial charge is 0.508 e. The van der Waals surface area contributed by atoms with Crippen molar-refractivity contribution in [3.8, 4) is 0 Å². The Hall–Kier alpha value is -0.570. The molecule has 7 heteroatoms. The molecule has 0 fully saturated rings. The van der Waals surface area contributed by atoms with Crippen molar-refractivity contribution in [2.75, 3.05) is 25.5 Å². The van der Waals surface area contributed by atoms with Crippen molar-refractivity contribution >= 4 is 15.6 Å². The summed E-state index contributed by atoms with van der Waals surface area (Å²) in [6.45, 7) is 4.55. The lowest BCUT2D eigenvalue weighted by Crippen LogP contribution is -2.01. The third-order valence-corrected chi connectivity index (χ3v) is 5.91. The summed E-state index contributed by atoms with van der Waals surface area (Å²) >= 11 is 0. The molecule has 0 aliphatic rings. The highest BCUT2D eigenvalue weighted by molar-refractivity contribution is 7.53. The molecule has 1 rings (SSSR count). The van der Waals surface area contributed by atoms with Crippen LogP contribution in [0.15, 0.2) is 30.3 Å². The second-order valence-corrected chi connectivity index (χ2v) is 7.90. The van der Waals surface area contributed by atoms with Crippen molar-refractivity contribution in [2.24, 2.45) is 0 Å². The van der Waals surface area contributed by atoms with Gasteiger partial charge in [0.2, 0.25) is 0 Å². The average Bonchev–Trinajstić information content (AvgIpc) is 2.47. The maximum atomic E-state index is 12.2. The third kappa shape index (κ3) is 7.85. The molecule has 5 nitrogen and oxygen atoms in total. The summed E-state index contributed by atoms with van der Waals surface area (Å²) in [5, 5.41) is 0. The highest BCUT2D eigenvalue weighted by Gasteiger charge is 2.26. The second-order valence-electron chi connectivity index (χ2n) is 4.34. The molecule has 1 atom stereocenters. The van der Waals surface area contributed by atoms with Crippen molar-refractivity contribution in [2.45, 2.75) is 26.9 Å². The van der Waals surface area contributed by atoms with Crippen LogP contribution in [0.4, 0.5) is 0 Å². The highest BCUT2D eigenvalue weighted by Crippen LogP contribution is 2.49. The molecule has 0 aliphatic carbocycles. The molecule has 0 saturated heterocycles. The standard InChI is InChI=1S/C14H23O5P2/c1-3-18-21(16,19-4-2)12-8-11-20(15)17-13-14-9-6-5-7-10-14/h5-7,9-10H,3-4,8,11-13H2,1-2H3/q+1. The summed E-state index contributed by atoms with van der Waals surface area (Å²) in [5.74, 6) is 0. The number of hydrogen-bond donors (Lipinski definition) is 0. The summed E-state index contributed by atoms with van der Waals surface area (Å²) in [7, 11) is -4.79. The predicted molar refractivity (Wildman–Crippen MR) is 84.0 cm³/mol. The summed E-state index contributed by atoms with van der Waals surface area (Å²) in [5.41, 5.74) is 0.982. The van der Waals surface area contributed by atoms with E-state index in [2.05, 4.69) is 0 Å². The fraction of sp³-hybridized carbons (Fsp3) is 0.571. The Bertz CT molecular complexity index is 454. The molecule has 0 amide bonds. The minimum atomic E-state index is -3.04. The zero-order valence-corrected chi connectivity index (χ0v) is 14.4. The van der Waals surface area contributed by atoms with Crippen LogP contribution in [0.25, 0.3) is 0 Å². The topological polar surface area (TPSA) is 61.8 Å². The SMILES string of the molecule is CCOP(=O)(CCC[P+](=O)OCc1ccccc1)OCC. The van der Waals surface area contributed by atoms with Gasteiger partial charge in [-0.3, -0.25) is 4.57 Å². The van der Waals surface area contributed by atoms with Gasteiger partial charge in [0, 0.05) is 6.42 Å². The molecule has 0 bridgehead atoms. The van der Waals surface area contributed by atoms with Crippen LogP contribution in [0.5, 0.6) is 0 Å². The van der Waals surface area contributed by atoms with Gasteiger partial charge in [0.15, 0.2) is 6.16 Å². The zero-order valence-electron chi connectivity index (χ0n) is 12.6. The first-order chi connectivity index (χ1) is 10.1. The highest BCUT2D eigenvalue weighted by atomic mass is 31.2. The van der Waals surface area contributed by atoms with E-state index < -0.39 is 15.6 Å². The third-order valence-electron chi connectivity index (χ3n) is 2.64. The van der Waals surface area contributed by atoms with Gasteiger partial charge in [-0.2, -0.15) is 0 Å². The van der Waals surface area contributed by atoms with E-state index >= 15 is 0 Å². The molecule has 0 N–H and O–H groups in total. The maximum Gasteiger partial charge on any atom is 0.508 e. The first kappa shape index (κ1) is 18.5. The van der Waals surface area contributed by atoms with E-state index in [1.807, 2.05) is 30.3 Å². The van der Waals surface area contributed by atoms with E-state index in [0.717, 1.165) is 5.56 Å². The van der Waals surface area contributed by atoms with E-state index in [9.17, 15) is 9.13 Å². The van der Waals surface area contributed by atoms with Crippen molar-refractivity contribution < 1.29 is 22.7 Å². The van der Waals surface area contributed by atoms with E-state index in [1.165, 1.54) is 0 Å². The maximum absolute atomic E-state index is 12.2. The Labute approximate surface area is 127 Å². The molecular weight excluding hydrogens is 310 g/mol.